The molecule has 6 heteroatoms. The molecule has 4 aromatic carbocycles. The zero-order chi connectivity index (χ0) is 30.1. The van der Waals surface area contributed by atoms with Crippen LogP contribution in [-0.4, -0.2) is 34.2 Å². The molecule has 2 fully saturated rings. The molecule has 2 aliphatic heterocycles. The van der Waals surface area contributed by atoms with Crippen molar-refractivity contribution in [3.8, 4) is 28.7 Å². The normalized spacial score (nSPS) is 27.2. The number of aliphatic hydroxyl groups is 1. The molecule has 2 aliphatic carbocycles. The van der Waals surface area contributed by atoms with Gasteiger partial charge in [0, 0.05) is 35.7 Å². The number of nitrogens with zero attached hydrogens (tertiary/aromatic N) is 2. The van der Waals surface area contributed by atoms with Crippen molar-refractivity contribution in [3.63, 3.8) is 0 Å². The maximum absolute atomic E-state index is 10.5. The van der Waals surface area contributed by atoms with Gasteiger partial charge in [0.25, 0.3) is 0 Å². The minimum atomic E-state index is -0.357. The first kappa shape index (κ1) is 27.4. The molecule has 2 bridgehead atoms. The van der Waals surface area contributed by atoms with E-state index in [1.54, 1.807) is 0 Å². The van der Waals surface area contributed by atoms with Crippen LogP contribution in [0.25, 0.3) is 11.1 Å². The molecule has 4 aliphatic rings. The summed E-state index contributed by atoms with van der Waals surface area (Å²) >= 11 is 0. The van der Waals surface area contributed by atoms with E-state index in [1.165, 1.54) is 33.4 Å². The van der Waals surface area contributed by atoms with Crippen LogP contribution in [0.1, 0.15) is 58.2 Å². The summed E-state index contributed by atoms with van der Waals surface area (Å²) in [5.74, 6) is 1.71. The topological polar surface area (TPSA) is 91.7 Å². The number of rotatable bonds is 8. The molecule has 44 heavy (non-hydrogen) atoms. The number of ether oxygens (including phenoxy) is 2. The number of fused-ring (bicyclic) bond motifs is 3. The predicted molar refractivity (Wildman–Crippen MR) is 169 cm³/mol. The average Bonchev–Trinajstić information content (AvgIpc) is 3.51. The van der Waals surface area contributed by atoms with E-state index in [0.717, 1.165) is 54.9 Å². The monoisotopic (exact) mass is 583 g/mol. The van der Waals surface area contributed by atoms with Gasteiger partial charge >= 0.3 is 0 Å². The quantitative estimate of drug-likeness (QED) is 0.267. The van der Waals surface area contributed by atoms with Gasteiger partial charge in [-0.3, -0.25) is 4.90 Å². The van der Waals surface area contributed by atoms with E-state index >= 15 is 0 Å². The van der Waals surface area contributed by atoms with Crippen LogP contribution in [0.5, 0.6) is 11.5 Å². The zero-order valence-electron chi connectivity index (χ0n) is 25.1. The Morgan fingerprint density at radius 2 is 1.73 bits per heavy atom. The molecule has 1 saturated carbocycles. The summed E-state index contributed by atoms with van der Waals surface area (Å²) in [7, 11) is 0. The van der Waals surface area contributed by atoms with Crippen LogP contribution in [0.3, 0.4) is 0 Å². The largest absolute Gasteiger partial charge is 0.488 e. The lowest BCUT2D eigenvalue weighted by Crippen LogP contribution is -2.63. The highest BCUT2D eigenvalue weighted by Crippen LogP contribution is 2.66. The van der Waals surface area contributed by atoms with E-state index in [2.05, 4.69) is 66.4 Å². The van der Waals surface area contributed by atoms with Gasteiger partial charge in [-0.15, -0.1) is 0 Å². The Morgan fingerprint density at radius 3 is 2.55 bits per heavy atom. The Bertz CT molecular complexity index is 1830. The van der Waals surface area contributed by atoms with Crippen LogP contribution in [0.15, 0.2) is 78.9 Å². The molecule has 0 amide bonds. The van der Waals surface area contributed by atoms with Gasteiger partial charge in [-0.1, -0.05) is 60.7 Å². The van der Waals surface area contributed by atoms with Gasteiger partial charge in [0.2, 0.25) is 0 Å². The van der Waals surface area contributed by atoms with Crippen molar-refractivity contribution in [1.82, 2.24) is 4.90 Å². The number of piperidine rings is 1. The maximum Gasteiger partial charge on any atom is 0.128 e. The van der Waals surface area contributed by atoms with Crippen LogP contribution >= 0.6 is 0 Å². The fourth-order valence-electron chi connectivity index (χ4n) is 8.69. The van der Waals surface area contributed by atoms with E-state index in [4.69, 9.17) is 15.2 Å². The lowest BCUT2D eigenvalue weighted by atomic mass is 9.67. The Hall–Kier alpha value is -4.15. The fourth-order valence-corrected chi connectivity index (χ4v) is 8.69. The molecule has 8 rings (SSSR count). The summed E-state index contributed by atoms with van der Waals surface area (Å²) in [6.07, 6.45) is 3.68. The van der Waals surface area contributed by atoms with E-state index in [-0.39, 0.29) is 23.1 Å². The summed E-state index contributed by atoms with van der Waals surface area (Å²) in [6.45, 7) is 4.70. The van der Waals surface area contributed by atoms with Crippen LogP contribution in [-0.2, 0) is 31.6 Å². The molecule has 6 nitrogen and oxygen atoms in total. The minimum Gasteiger partial charge on any atom is -0.488 e. The number of benzene rings is 4. The summed E-state index contributed by atoms with van der Waals surface area (Å²) in [6, 6.07) is 28.8. The van der Waals surface area contributed by atoms with E-state index in [9.17, 15) is 10.4 Å². The Labute approximate surface area is 258 Å². The lowest BCUT2D eigenvalue weighted by molar-refractivity contribution is 0.00886. The number of nitriles is 1. The number of nitrogens with two attached hydrogens (primary N) is 1. The highest BCUT2D eigenvalue weighted by Gasteiger charge is 2.75. The van der Waals surface area contributed by atoms with Crippen molar-refractivity contribution in [2.24, 2.45) is 5.73 Å². The number of hydrogen-bond donors (Lipinski definition) is 2. The minimum absolute atomic E-state index is 0.0613. The van der Waals surface area contributed by atoms with Crippen molar-refractivity contribution < 1.29 is 14.6 Å². The van der Waals surface area contributed by atoms with Crippen molar-refractivity contribution in [3.05, 3.63) is 118 Å². The van der Waals surface area contributed by atoms with E-state index < -0.39 is 0 Å². The van der Waals surface area contributed by atoms with Crippen LogP contribution < -0.4 is 15.2 Å². The van der Waals surface area contributed by atoms with Gasteiger partial charge in [-0.25, -0.2) is 0 Å². The van der Waals surface area contributed by atoms with Gasteiger partial charge < -0.3 is 20.3 Å². The molecule has 2 heterocycles. The fraction of sp³-hybridized carbons (Fsp3) is 0.342. The standard InChI is InChI=1S/C38H37N3O3/c1-25-29(11-6-12-30(25)28-9-3-2-4-10-28)20-44-33-16-34(43-19-27-8-5-7-26(15-27)17-39)32-18-41-23-36(14-13-31(33)35(32)36)21-37(40)22-38(37,41)24-42/h2-12,15-16,42H,13-14,18-24,40H2,1H3. The predicted octanol–water partition coefficient (Wildman–Crippen LogP) is 5.93. The first-order chi connectivity index (χ1) is 21.4. The molecule has 1 saturated heterocycles. The van der Waals surface area contributed by atoms with Crippen molar-refractivity contribution in [1.29, 1.82) is 5.26 Å². The lowest BCUT2D eigenvalue weighted by Gasteiger charge is -2.52. The smallest absolute Gasteiger partial charge is 0.128 e. The number of hydrogen-bond acceptors (Lipinski definition) is 6. The zero-order valence-corrected chi connectivity index (χ0v) is 25.1. The molecule has 4 aromatic rings. The molecular weight excluding hydrogens is 546 g/mol. The Morgan fingerprint density at radius 1 is 0.932 bits per heavy atom. The molecule has 0 aromatic heterocycles. The first-order valence-corrected chi connectivity index (χ1v) is 15.6. The molecule has 222 valence electrons. The van der Waals surface area contributed by atoms with Crippen molar-refractivity contribution in [2.75, 3.05) is 13.2 Å². The average molecular weight is 584 g/mol. The third kappa shape index (κ3) is 4.04. The molecule has 3 N–H and O–H groups in total. The van der Waals surface area contributed by atoms with E-state index in [1.807, 2.05) is 30.3 Å². The van der Waals surface area contributed by atoms with Crippen LogP contribution in [0, 0.1) is 18.3 Å². The Balaban J connectivity index is 1.17. The van der Waals surface area contributed by atoms with Gasteiger partial charge in [-0.2, -0.15) is 5.26 Å². The molecule has 0 radical (unpaired) electrons. The second kappa shape index (κ2) is 9.93. The maximum atomic E-state index is 10.5. The molecule has 4 unspecified atom stereocenters. The van der Waals surface area contributed by atoms with Gasteiger partial charge in [-0.05, 0) is 83.7 Å². The third-order valence-electron chi connectivity index (χ3n) is 11.0. The summed E-state index contributed by atoms with van der Waals surface area (Å²) in [5, 5.41) is 19.9. The second-order valence-corrected chi connectivity index (χ2v) is 13.4. The highest BCUT2D eigenvalue weighted by atomic mass is 16.5. The van der Waals surface area contributed by atoms with Crippen LogP contribution in [0.2, 0.25) is 0 Å². The number of aliphatic hydroxyl groups excluding tert-OH is 1. The van der Waals surface area contributed by atoms with E-state index in [0.29, 0.717) is 25.3 Å². The van der Waals surface area contributed by atoms with Gasteiger partial charge in [0.15, 0.2) is 0 Å². The van der Waals surface area contributed by atoms with Crippen molar-refractivity contribution >= 4 is 0 Å². The first-order valence-electron chi connectivity index (χ1n) is 15.6. The molecule has 1 spiro atoms. The SMILES string of the molecule is Cc1c(COc2cc(OCc3cccc(C#N)c3)c3c4c2CCC42CN(C3)C3(CO)CC3(N)C2)cccc1-c1ccccc1. The second-order valence-electron chi connectivity index (χ2n) is 13.4. The summed E-state index contributed by atoms with van der Waals surface area (Å²) in [4.78, 5) is 2.44. The van der Waals surface area contributed by atoms with Crippen LogP contribution in [0.4, 0.5) is 0 Å². The summed E-state index contributed by atoms with van der Waals surface area (Å²) < 4.78 is 13.3. The molecule has 4 atom stereocenters. The Kier molecular flexibility index (Phi) is 6.19. The van der Waals surface area contributed by atoms with Gasteiger partial charge in [0.1, 0.15) is 24.7 Å². The highest BCUT2D eigenvalue weighted by molar-refractivity contribution is 5.68. The summed E-state index contributed by atoms with van der Waals surface area (Å²) in [5.41, 5.74) is 16.5. The van der Waals surface area contributed by atoms with Gasteiger partial charge in [0.05, 0.1) is 23.8 Å². The molecular formula is C38H37N3O3. The third-order valence-corrected chi connectivity index (χ3v) is 11.0. The van der Waals surface area contributed by atoms with Crippen molar-refractivity contribution in [2.45, 2.75) is 68.9 Å².